The van der Waals surface area contributed by atoms with Crippen LogP contribution in [0.1, 0.15) is 59.5 Å². The summed E-state index contributed by atoms with van der Waals surface area (Å²) in [4.78, 5) is 42.4. The fourth-order valence-electron chi connectivity index (χ4n) is 7.48. The highest BCUT2D eigenvalue weighted by atomic mass is 35.5. The number of amides is 2. The van der Waals surface area contributed by atoms with Gasteiger partial charge in [-0.2, -0.15) is 0 Å². The number of fused-ring (bicyclic) bond motifs is 3. The van der Waals surface area contributed by atoms with Crippen molar-refractivity contribution in [3.63, 3.8) is 0 Å². The SMILES string of the molecule is COC(=O)c1ccc(N(C)C(=O)C2NC3(CCCCC3)[C@@]3(C(=O)Nc4cc(Cl)ccc43)C2c2cccc(Cl)c2F)cc1. The van der Waals surface area contributed by atoms with E-state index in [1.54, 1.807) is 55.6 Å². The van der Waals surface area contributed by atoms with Gasteiger partial charge in [0.15, 0.2) is 0 Å². The van der Waals surface area contributed by atoms with Crippen molar-refractivity contribution in [2.24, 2.45) is 0 Å². The molecule has 1 saturated carbocycles. The van der Waals surface area contributed by atoms with Gasteiger partial charge in [0, 0.05) is 34.9 Å². The highest BCUT2D eigenvalue weighted by Gasteiger charge is 2.72. The topological polar surface area (TPSA) is 87.7 Å². The van der Waals surface area contributed by atoms with Gasteiger partial charge >= 0.3 is 5.97 Å². The molecule has 6 rings (SSSR count). The lowest BCUT2D eigenvalue weighted by Crippen LogP contribution is -2.60. The zero-order chi connectivity index (χ0) is 29.8. The fourth-order valence-corrected chi connectivity index (χ4v) is 7.83. The average molecular weight is 611 g/mol. The predicted molar refractivity (Wildman–Crippen MR) is 160 cm³/mol. The smallest absolute Gasteiger partial charge is 0.337 e. The van der Waals surface area contributed by atoms with Gasteiger partial charge in [0.2, 0.25) is 11.8 Å². The van der Waals surface area contributed by atoms with E-state index in [9.17, 15) is 14.4 Å². The van der Waals surface area contributed by atoms with Crippen LogP contribution in [-0.2, 0) is 19.7 Å². The summed E-state index contributed by atoms with van der Waals surface area (Å²) in [7, 11) is 2.93. The highest BCUT2D eigenvalue weighted by molar-refractivity contribution is 6.31. The number of rotatable bonds is 4. The molecule has 2 amide bonds. The van der Waals surface area contributed by atoms with Crippen LogP contribution in [0.5, 0.6) is 0 Å². The van der Waals surface area contributed by atoms with Gasteiger partial charge < -0.3 is 15.0 Å². The maximum absolute atomic E-state index is 16.0. The lowest BCUT2D eigenvalue weighted by atomic mass is 9.55. The molecule has 3 atom stereocenters. The Kier molecular flexibility index (Phi) is 7.28. The first-order valence-electron chi connectivity index (χ1n) is 13.9. The van der Waals surface area contributed by atoms with Gasteiger partial charge in [-0.1, -0.05) is 60.7 Å². The summed E-state index contributed by atoms with van der Waals surface area (Å²) in [5.74, 6) is -2.71. The Bertz CT molecular complexity index is 1590. The standard InChI is InChI=1S/C32H30Cl2FN3O4/c1-38(20-12-9-18(10-13-20)29(40)42-2)28(39)27-25(21-7-6-8-23(34)26(21)35)32(31(37-27)15-4-3-5-16-31)22-14-11-19(33)17-24(22)36-30(32)41/h6-14,17,25,27,37H,3-5,15-16H2,1-2H3,(H,36,41)/t25?,27?,32-/m1/s1. The number of benzene rings is 3. The quantitative estimate of drug-likeness (QED) is 0.342. The summed E-state index contributed by atoms with van der Waals surface area (Å²) in [5.41, 5.74) is 0.184. The van der Waals surface area contributed by atoms with Crippen LogP contribution in [0.3, 0.4) is 0 Å². The van der Waals surface area contributed by atoms with Crippen molar-refractivity contribution in [2.45, 2.75) is 55.0 Å². The molecule has 2 heterocycles. The van der Waals surface area contributed by atoms with Gasteiger partial charge in [0.1, 0.15) is 11.2 Å². The zero-order valence-electron chi connectivity index (χ0n) is 23.2. The molecule has 3 aliphatic rings. The number of ether oxygens (including phenoxy) is 1. The maximum atomic E-state index is 16.0. The first kappa shape index (κ1) is 28.6. The van der Waals surface area contributed by atoms with E-state index in [0.29, 0.717) is 40.4 Å². The number of hydrogen-bond donors (Lipinski definition) is 2. The van der Waals surface area contributed by atoms with Crippen LogP contribution in [0.25, 0.3) is 0 Å². The van der Waals surface area contributed by atoms with E-state index in [-0.39, 0.29) is 22.4 Å². The van der Waals surface area contributed by atoms with Crippen molar-refractivity contribution in [1.82, 2.24) is 5.32 Å². The van der Waals surface area contributed by atoms with E-state index in [2.05, 4.69) is 10.6 Å². The number of nitrogens with one attached hydrogen (secondary N) is 2. The van der Waals surface area contributed by atoms with Gasteiger partial charge in [0.05, 0.1) is 23.7 Å². The van der Waals surface area contributed by atoms with Crippen LogP contribution in [0.2, 0.25) is 10.0 Å². The third-order valence-corrected chi connectivity index (χ3v) is 9.82. The zero-order valence-corrected chi connectivity index (χ0v) is 24.7. The number of halogens is 3. The van der Waals surface area contributed by atoms with Gasteiger partial charge in [0.25, 0.3) is 0 Å². The molecule has 10 heteroatoms. The van der Waals surface area contributed by atoms with Gasteiger partial charge in [-0.3, -0.25) is 14.9 Å². The first-order valence-corrected chi connectivity index (χ1v) is 14.7. The molecule has 1 saturated heterocycles. The van der Waals surface area contributed by atoms with Crippen LogP contribution in [0.15, 0.2) is 60.7 Å². The largest absolute Gasteiger partial charge is 0.465 e. The highest BCUT2D eigenvalue weighted by Crippen LogP contribution is 2.63. The van der Waals surface area contributed by atoms with Crippen LogP contribution in [-0.4, -0.2) is 43.5 Å². The molecule has 0 radical (unpaired) electrons. The van der Waals surface area contributed by atoms with Crippen molar-refractivity contribution in [2.75, 3.05) is 24.4 Å². The van der Waals surface area contributed by atoms with Crippen LogP contribution in [0, 0.1) is 5.82 Å². The molecule has 0 aromatic heterocycles. The fraction of sp³-hybridized carbons (Fsp3) is 0.344. The molecule has 2 unspecified atom stereocenters. The minimum atomic E-state index is -1.31. The molecular weight excluding hydrogens is 580 g/mol. The number of carbonyl (C=O) groups excluding carboxylic acids is 3. The Hall–Kier alpha value is -3.46. The van der Waals surface area contributed by atoms with E-state index < -0.39 is 34.7 Å². The normalized spacial score (nSPS) is 24.0. The van der Waals surface area contributed by atoms with Gasteiger partial charge in [-0.15, -0.1) is 0 Å². The first-order chi connectivity index (χ1) is 20.1. The number of methoxy groups -OCH3 is 1. The number of anilines is 2. The molecule has 0 bridgehead atoms. The molecule has 3 aromatic rings. The molecular formula is C32H30Cl2FN3O4. The average Bonchev–Trinajstić information content (AvgIpc) is 3.45. The minimum Gasteiger partial charge on any atom is -0.465 e. The molecule has 2 aliphatic heterocycles. The predicted octanol–water partition coefficient (Wildman–Crippen LogP) is 6.23. The second-order valence-electron chi connectivity index (χ2n) is 11.3. The summed E-state index contributed by atoms with van der Waals surface area (Å²) < 4.78 is 20.8. The molecule has 1 aliphatic carbocycles. The lowest BCUT2D eigenvalue weighted by molar-refractivity contribution is -0.124. The van der Waals surface area contributed by atoms with E-state index >= 15 is 4.39 Å². The number of hydrogen-bond acceptors (Lipinski definition) is 5. The minimum absolute atomic E-state index is 0.0834. The van der Waals surface area contributed by atoms with Crippen LogP contribution in [0.4, 0.5) is 15.8 Å². The van der Waals surface area contributed by atoms with Crippen molar-refractivity contribution in [1.29, 1.82) is 0 Å². The number of esters is 1. The Morgan fingerprint density at radius 3 is 2.43 bits per heavy atom. The molecule has 2 spiro atoms. The molecule has 3 aromatic carbocycles. The van der Waals surface area contributed by atoms with Crippen LogP contribution >= 0.6 is 23.2 Å². The second-order valence-corrected chi connectivity index (χ2v) is 12.1. The summed E-state index contributed by atoms with van der Waals surface area (Å²) in [6.45, 7) is 0. The second kappa shape index (κ2) is 10.7. The molecule has 218 valence electrons. The number of likely N-dealkylation sites (N-methyl/N-ethyl adjacent to an activating group) is 1. The summed E-state index contributed by atoms with van der Waals surface area (Å²) in [5, 5.41) is 7.05. The third-order valence-electron chi connectivity index (χ3n) is 9.30. The van der Waals surface area contributed by atoms with Crippen LogP contribution < -0.4 is 15.5 Å². The van der Waals surface area contributed by atoms with E-state index in [0.717, 1.165) is 19.3 Å². The van der Waals surface area contributed by atoms with Gasteiger partial charge in [-0.25, -0.2) is 9.18 Å². The van der Waals surface area contributed by atoms with E-state index in [4.69, 9.17) is 27.9 Å². The molecule has 2 N–H and O–H groups in total. The Morgan fingerprint density at radius 2 is 1.74 bits per heavy atom. The number of nitrogens with zero attached hydrogens (tertiary/aromatic N) is 1. The van der Waals surface area contributed by atoms with E-state index in [1.165, 1.54) is 18.1 Å². The summed E-state index contributed by atoms with van der Waals surface area (Å²) >= 11 is 12.7. The van der Waals surface area contributed by atoms with Crippen molar-refractivity contribution >= 4 is 52.4 Å². The maximum Gasteiger partial charge on any atom is 0.337 e. The lowest BCUT2D eigenvalue weighted by Gasteiger charge is -2.47. The summed E-state index contributed by atoms with van der Waals surface area (Å²) in [6.07, 6.45) is 3.95. The van der Waals surface area contributed by atoms with E-state index in [1.807, 2.05) is 6.07 Å². The Morgan fingerprint density at radius 1 is 1.02 bits per heavy atom. The van der Waals surface area contributed by atoms with Crippen molar-refractivity contribution < 1.29 is 23.5 Å². The molecule has 7 nitrogen and oxygen atoms in total. The van der Waals surface area contributed by atoms with Gasteiger partial charge in [-0.05, 0) is 66.4 Å². The molecule has 42 heavy (non-hydrogen) atoms. The third kappa shape index (κ3) is 4.14. The van der Waals surface area contributed by atoms with Crippen molar-refractivity contribution in [3.05, 3.63) is 93.2 Å². The monoisotopic (exact) mass is 609 g/mol. The molecule has 2 fully saturated rings. The number of carbonyl (C=O) groups is 3. The Labute approximate surface area is 253 Å². The summed E-state index contributed by atoms with van der Waals surface area (Å²) in [6, 6.07) is 15.5. The Balaban J connectivity index is 1.55. The van der Waals surface area contributed by atoms with Crippen molar-refractivity contribution in [3.8, 4) is 0 Å².